The molecule has 1 aliphatic rings. The Hall–Kier alpha value is -2.52. The number of piperidine rings is 1. The van der Waals surface area contributed by atoms with E-state index in [0.29, 0.717) is 26.2 Å². The standard InChI is InChI=1S/C25H36N2O4/c1-6-16-30-17-12-8-11-15-27-19(2)21(20-13-9-7-10-14-20)18-22(23(27)28)26-24(29)31-25(3,4)5/h1,7,9-10,13-14,19,21-22H,8,11-12,15-18H2,2-5H3,(H,26,29). The van der Waals surface area contributed by atoms with Crippen LogP contribution >= 0.6 is 0 Å². The maximum absolute atomic E-state index is 13.2. The predicted molar refractivity (Wildman–Crippen MR) is 122 cm³/mol. The van der Waals surface area contributed by atoms with E-state index in [-0.39, 0.29) is 17.9 Å². The number of nitrogens with zero attached hydrogens (tertiary/aromatic N) is 1. The third kappa shape index (κ3) is 7.91. The molecule has 0 radical (unpaired) electrons. The van der Waals surface area contributed by atoms with Gasteiger partial charge in [0.15, 0.2) is 0 Å². The van der Waals surface area contributed by atoms with E-state index in [1.165, 1.54) is 5.56 Å². The summed E-state index contributed by atoms with van der Waals surface area (Å²) in [6.07, 6.45) is 7.90. The van der Waals surface area contributed by atoms with Crippen LogP contribution in [0.3, 0.4) is 0 Å². The van der Waals surface area contributed by atoms with Crippen LogP contribution in [0.5, 0.6) is 0 Å². The summed E-state index contributed by atoms with van der Waals surface area (Å²) in [5.41, 5.74) is 0.556. The lowest BCUT2D eigenvalue weighted by atomic mass is 9.81. The van der Waals surface area contributed by atoms with Crippen molar-refractivity contribution in [2.45, 2.75) is 77.0 Å². The normalized spacial score (nSPS) is 21.5. The highest BCUT2D eigenvalue weighted by atomic mass is 16.6. The van der Waals surface area contributed by atoms with Gasteiger partial charge < -0.3 is 19.7 Å². The third-order valence-electron chi connectivity index (χ3n) is 5.44. The minimum atomic E-state index is -0.616. The van der Waals surface area contributed by atoms with E-state index in [1.54, 1.807) is 0 Å². The number of amides is 2. The Morgan fingerprint density at radius 2 is 1.94 bits per heavy atom. The molecular weight excluding hydrogens is 392 g/mol. The molecule has 1 N–H and O–H groups in total. The Morgan fingerprint density at radius 1 is 1.23 bits per heavy atom. The van der Waals surface area contributed by atoms with Gasteiger partial charge in [0, 0.05) is 25.1 Å². The van der Waals surface area contributed by atoms with Gasteiger partial charge in [-0.1, -0.05) is 36.3 Å². The summed E-state index contributed by atoms with van der Waals surface area (Å²) in [5, 5.41) is 2.81. The van der Waals surface area contributed by atoms with E-state index in [1.807, 2.05) is 43.9 Å². The quantitative estimate of drug-likeness (QED) is 0.475. The fourth-order valence-corrected chi connectivity index (χ4v) is 3.96. The Morgan fingerprint density at radius 3 is 2.58 bits per heavy atom. The number of ether oxygens (including phenoxy) is 2. The number of hydrogen-bond acceptors (Lipinski definition) is 4. The first-order valence-corrected chi connectivity index (χ1v) is 11.1. The molecule has 170 valence electrons. The number of terminal acetylenes is 1. The van der Waals surface area contributed by atoms with Crippen molar-refractivity contribution in [2.75, 3.05) is 19.8 Å². The van der Waals surface area contributed by atoms with Gasteiger partial charge in [-0.2, -0.15) is 0 Å². The van der Waals surface area contributed by atoms with Crippen molar-refractivity contribution in [3.63, 3.8) is 0 Å². The molecule has 6 nitrogen and oxygen atoms in total. The van der Waals surface area contributed by atoms with Gasteiger partial charge in [-0.3, -0.25) is 4.79 Å². The van der Waals surface area contributed by atoms with Crippen LogP contribution in [0.15, 0.2) is 30.3 Å². The lowest BCUT2D eigenvalue weighted by Gasteiger charge is -2.43. The lowest BCUT2D eigenvalue weighted by molar-refractivity contribution is -0.139. The summed E-state index contributed by atoms with van der Waals surface area (Å²) in [7, 11) is 0. The lowest BCUT2D eigenvalue weighted by Crippen LogP contribution is -2.58. The molecule has 1 saturated heterocycles. The molecule has 6 heteroatoms. The van der Waals surface area contributed by atoms with Gasteiger partial charge in [0.25, 0.3) is 0 Å². The van der Waals surface area contributed by atoms with Crippen molar-refractivity contribution in [2.24, 2.45) is 0 Å². The maximum Gasteiger partial charge on any atom is 0.408 e. The van der Waals surface area contributed by atoms with E-state index in [2.05, 4.69) is 30.3 Å². The van der Waals surface area contributed by atoms with Crippen molar-refractivity contribution in [1.82, 2.24) is 10.2 Å². The Bertz CT molecular complexity index is 751. The zero-order chi connectivity index (χ0) is 22.9. The highest BCUT2D eigenvalue weighted by Crippen LogP contribution is 2.33. The summed E-state index contributed by atoms with van der Waals surface area (Å²) in [6.45, 7) is 9.12. The number of carbonyl (C=O) groups excluding carboxylic acids is 2. The first-order valence-electron chi connectivity index (χ1n) is 11.1. The molecular formula is C25H36N2O4. The average Bonchev–Trinajstić information content (AvgIpc) is 2.71. The molecule has 1 aromatic carbocycles. The number of unbranched alkanes of at least 4 members (excludes halogenated alkanes) is 2. The topological polar surface area (TPSA) is 67.9 Å². The molecule has 3 atom stereocenters. The second kappa shape index (κ2) is 11.8. The van der Waals surface area contributed by atoms with Crippen molar-refractivity contribution in [3.05, 3.63) is 35.9 Å². The molecule has 1 aromatic rings. The molecule has 0 aromatic heterocycles. The van der Waals surface area contributed by atoms with Gasteiger partial charge in [0.2, 0.25) is 5.91 Å². The number of carbonyl (C=O) groups is 2. The molecule has 3 unspecified atom stereocenters. The molecule has 0 saturated carbocycles. The molecule has 2 rings (SSSR count). The van der Waals surface area contributed by atoms with Crippen LogP contribution in [0.1, 0.15) is 64.9 Å². The SMILES string of the molecule is C#CCOCCCCCN1C(=O)C(NC(=O)OC(C)(C)C)CC(c2ccccc2)C1C. The van der Waals surface area contributed by atoms with Crippen LogP contribution < -0.4 is 5.32 Å². The summed E-state index contributed by atoms with van der Waals surface area (Å²) < 4.78 is 10.7. The van der Waals surface area contributed by atoms with Crippen molar-refractivity contribution in [3.8, 4) is 12.3 Å². The van der Waals surface area contributed by atoms with Crippen molar-refractivity contribution < 1.29 is 19.1 Å². The molecule has 1 fully saturated rings. The predicted octanol–water partition coefficient (Wildman–Crippen LogP) is 4.10. The van der Waals surface area contributed by atoms with Gasteiger partial charge in [0.05, 0.1) is 0 Å². The van der Waals surface area contributed by atoms with Gasteiger partial charge in [-0.05, 0) is 58.9 Å². The molecule has 2 amide bonds. The van der Waals surface area contributed by atoms with Crippen LogP contribution in [-0.2, 0) is 14.3 Å². The second-order valence-corrected chi connectivity index (χ2v) is 9.04. The maximum atomic E-state index is 13.2. The largest absolute Gasteiger partial charge is 0.444 e. The van der Waals surface area contributed by atoms with E-state index in [0.717, 1.165) is 19.3 Å². The number of benzene rings is 1. The molecule has 1 aliphatic heterocycles. The Balaban J connectivity index is 2.06. The number of nitrogens with one attached hydrogen (secondary N) is 1. The number of alkyl carbamates (subject to hydrolysis) is 1. The fourth-order valence-electron chi connectivity index (χ4n) is 3.96. The zero-order valence-corrected chi connectivity index (χ0v) is 19.2. The second-order valence-electron chi connectivity index (χ2n) is 9.04. The average molecular weight is 429 g/mol. The summed E-state index contributed by atoms with van der Waals surface area (Å²) in [4.78, 5) is 27.5. The first kappa shape index (κ1) is 24.7. The van der Waals surface area contributed by atoms with Crippen LogP contribution in [0.4, 0.5) is 4.79 Å². The Kier molecular flexibility index (Phi) is 9.39. The van der Waals surface area contributed by atoms with Gasteiger partial charge in [-0.25, -0.2) is 4.79 Å². The van der Waals surface area contributed by atoms with Crippen LogP contribution in [0.2, 0.25) is 0 Å². The molecule has 0 spiro atoms. The van der Waals surface area contributed by atoms with Gasteiger partial charge in [-0.15, -0.1) is 6.42 Å². The third-order valence-corrected chi connectivity index (χ3v) is 5.44. The van der Waals surface area contributed by atoms with E-state index in [9.17, 15) is 9.59 Å². The number of hydrogen-bond donors (Lipinski definition) is 1. The fraction of sp³-hybridized carbons (Fsp3) is 0.600. The van der Waals surface area contributed by atoms with E-state index < -0.39 is 17.7 Å². The minimum Gasteiger partial charge on any atom is -0.444 e. The van der Waals surface area contributed by atoms with Crippen molar-refractivity contribution >= 4 is 12.0 Å². The van der Waals surface area contributed by atoms with Gasteiger partial charge >= 0.3 is 6.09 Å². The first-order chi connectivity index (χ1) is 14.7. The monoisotopic (exact) mass is 428 g/mol. The summed E-state index contributed by atoms with van der Waals surface area (Å²) in [5.74, 6) is 2.55. The summed E-state index contributed by atoms with van der Waals surface area (Å²) in [6, 6.07) is 9.62. The number of rotatable bonds is 9. The van der Waals surface area contributed by atoms with Crippen LogP contribution in [-0.4, -0.2) is 54.3 Å². The Labute approximate surface area is 186 Å². The van der Waals surface area contributed by atoms with Crippen molar-refractivity contribution in [1.29, 1.82) is 0 Å². The van der Waals surface area contributed by atoms with E-state index >= 15 is 0 Å². The highest BCUT2D eigenvalue weighted by molar-refractivity contribution is 5.87. The molecule has 0 aliphatic carbocycles. The summed E-state index contributed by atoms with van der Waals surface area (Å²) >= 11 is 0. The zero-order valence-electron chi connectivity index (χ0n) is 19.2. The molecule has 1 heterocycles. The highest BCUT2D eigenvalue weighted by Gasteiger charge is 2.40. The number of likely N-dealkylation sites (tertiary alicyclic amines) is 1. The van der Waals surface area contributed by atoms with Gasteiger partial charge in [0.1, 0.15) is 18.2 Å². The van der Waals surface area contributed by atoms with Crippen LogP contribution in [0.25, 0.3) is 0 Å². The minimum absolute atomic E-state index is 0.0456. The smallest absolute Gasteiger partial charge is 0.408 e. The van der Waals surface area contributed by atoms with E-state index in [4.69, 9.17) is 15.9 Å². The van der Waals surface area contributed by atoms with Crippen LogP contribution in [0, 0.1) is 12.3 Å². The molecule has 0 bridgehead atoms. The molecule has 31 heavy (non-hydrogen) atoms.